The van der Waals surface area contributed by atoms with Crippen molar-refractivity contribution in [3.05, 3.63) is 54.4 Å². The van der Waals surface area contributed by atoms with E-state index in [1.807, 2.05) is 18.3 Å². The summed E-state index contributed by atoms with van der Waals surface area (Å²) in [6.07, 6.45) is 3.26. The third kappa shape index (κ3) is 3.93. The van der Waals surface area contributed by atoms with Gasteiger partial charge in [-0.3, -0.25) is 9.48 Å². The van der Waals surface area contributed by atoms with Crippen molar-refractivity contribution in [2.45, 2.75) is 19.1 Å². The second-order valence-corrected chi connectivity index (χ2v) is 4.23. The summed E-state index contributed by atoms with van der Waals surface area (Å²) in [7, 11) is 0. The summed E-state index contributed by atoms with van der Waals surface area (Å²) in [5, 5.41) is 16.6. The normalized spacial score (nSPS) is 12.1. The molecule has 2 aromatic rings. The zero-order chi connectivity index (χ0) is 13.5. The van der Waals surface area contributed by atoms with E-state index >= 15 is 0 Å². The summed E-state index contributed by atoms with van der Waals surface area (Å²) in [5.74, 6) is -0.369. The van der Waals surface area contributed by atoms with E-state index in [0.29, 0.717) is 12.1 Å². The average Bonchev–Trinajstić information content (AvgIpc) is 2.96. The van der Waals surface area contributed by atoms with Crippen molar-refractivity contribution in [1.82, 2.24) is 15.1 Å². The maximum Gasteiger partial charge on any atom is 0.253 e. The number of aryl methyl sites for hydroxylation is 1. The molecule has 5 nitrogen and oxygen atoms in total. The zero-order valence-electron chi connectivity index (χ0n) is 10.6. The zero-order valence-corrected chi connectivity index (χ0v) is 10.6. The topological polar surface area (TPSA) is 67.2 Å². The number of hydrogen-bond donors (Lipinski definition) is 2. The molecule has 0 saturated carbocycles. The van der Waals surface area contributed by atoms with Crippen molar-refractivity contribution in [3.8, 4) is 0 Å². The van der Waals surface area contributed by atoms with Crippen LogP contribution in [0.4, 0.5) is 0 Å². The number of carbonyl (C=O) groups is 1. The molecule has 0 radical (unpaired) electrons. The summed E-state index contributed by atoms with van der Waals surface area (Å²) in [4.78, 5) is 11.7. The third-order valence-corrected chi connectivity index (χ3v) is 2.79. The Morgan fingerprint density at radius 2 is 2.11 bits per heavy atom. The molecule has 1 atom stereocenters. The van der Waals surface area contributed by atoms with Crippen LogP contribution in [0.15, 0.2) is 48.8 Å². The molecular formula is C14H17N3O2. The Bertz CT molecular complexity index is 497. The SMILES string of the molecule is O=C(NCCCn1cccn1)C(O)c1ccccc1. The lowest BCUT2D eigenvalue weighted by Crippen LogP contribution is -2.30. The minimum absolute atomic E-state index is 0.369. The van der Waals surface area contributed by atoms with Crippen LogP contribution in [0.1, 0.15) is 18.1 Å². The molecule has 1 aromatic heterocycles. The number of aliphatic hydroxyl groups is 1. The molecule has 19 heavy (non-hydrogen) atoms. The van der Waals surface area contributed by atoms with E-state index < -0.39 is 6.10 Å². The molecule has 1 aromatic carbocycles. The molecule has 2 N–H and O–H groups in total. The number of aromatic nitrogens is 2. The first kappa shape index (κ1) is 13.3. The molecule has 100 valence electrons. The highest BCUT2D eigenvalue weighted by molar-refractivity contribution is 5.81. The summed E-state index contributed by atoms with van der Waals surface area (Å²) >= 11 is 0. The van der Waals surface area contributed by atoms with Crippen molar-refractivity contribution >= 4 is 5.91 Å². The van der Waals surface area contributed by atoms with Gasteiger partial charge in [0.25, 0.3) is 5.91 Å². The lowest BCUT2D eigenvalue weighted by molar-refractivity contribution is -0.129. The summed E-state index contributed by atoms with van der Waals surface area (Å²) in [6.45, 7) is 1.26. The van der Waals surface area contributed by atoms with E-state index in [2.05, 4.69) is 10.4 Å². The standard InChI is InChI=1S/C14H17N3O2/c18-13(12-6-2-1-3-7-12)14(19)15-8-4-10-17-11-5-9-16-17/h1-3,5-7,9,11,13,18H,4,8,10H2,(H,15,19). The molecule has 1 unspecified atom stereocenters. The van der Waals surface area contributed by atoms with Crippen molar-refractivity contribution in [2.24, 2.45) is 0 Å². The van der Waals surface area contributed by atoms with E-state index in [0.717, 1.165) is 13.0 Å². The van der Waals surface area contributed by atoms with Gasteiger partial charge >= 0.3 is 0 Å². The van der Waals surface area contributed by atoms with Crippen LogP contribution in [0.2, 0.25) is 0 Å². The molecule has 0 aliphatic carbocycles. The largest absolute Gasteiger partial charge is 0.378 e. The van der Waals surface area contributed by atoms with Gasteiger partial charge in [-0.15, -0.1) is 0 Å². The van der Waals surface area contributed by atoms with Gasteiger partial charge in [0.05, 0.1) is 0 Å². The Morgan fingerprint density at radius 1 is 1.32 bits per heavy atom. The number of amides is 1. The number of nitrogens with one attached hydrogen (secondary N) is 1. The quantitative estimate of drug-likeness (QED) is 0.764. The second kappa shape index (κ2) is 6.70. The van der Waals surface area contributed by atoms with Crippen molar-refractivity contribution in [2.75, 3.05) is 6.54 Å². The van der Waals surface area contributed by atoms with E-state index in [4.69, 9.17) is 0 Å². The van der Waals surface area contributed by atoms with E-state index in [-0.39, 0.29) is 5.91 Å². The number of rotatable bonds is 6. The Morgan fingerprint density at radius 3 is 2.79 bits per heavy atom. The smallest absolute Gasteiger partial charge is 0.253 e. The van der Waals surface area contributed by atoms with E-state index in [1.165, 1.54) is 0 Å². The molecule has 0 aliphatic rings. The lowest BCUT2D eigenvalue weighted by Gasteiger charge is -2.11. The van der Waals surface area contributed by atoms with Gasteiger partial charge in [-0.1, -0.05) is 30.3 Å². The number of aliphatic hydroxyl groups excluding tert-OH is 1. The predicted octanol–water partition coefficient (Wildman–Crippen LogP) is 1.12. The maximum absolute atomic E-state index is 11.7. The van der Waals surface area contributed by atoms with Crippen LogP contribution in [0, 0.1) is 0 Å². The molecule has 2 rings (SSSR count). The molecule has 1 heterocycles. The van der Waals surface area contributed by atoms with Crippen LogP contribution in [0.5, 0.6) is 0 Å². The first-order chi connectivity index (χ1) is 9.27. The minimum Gasteiger partial charge on any atom is -0.378 e. The fourth-order valence-corrected chi connectivity index (χ4v) is 1.77. The first-order valence-electron chi connectivity index (χ1n) is 6.25. The Balaban J connectivity index is 1.72. The van der Waals surface area contributed by atoms with Gasteiger partial charge < -0.3 is 10.4 Å². The number of carbonyl (C=O) groups excluding carboxylic acids is 1. The van der Waals surface area contributed by atoms with Crippen LogP contribution in [-0.4, -0.2) is 27.3 Å². The fourth-order valence-electron chi connectivity index (χ4n) is 1.77. The molecule has 0 spiro atoms. The predicted molar refractivity (Wildman–Crippen MR) is 71.3 cm³/mol. The van der Waals surface area contributed by atoms with Crippen LogP contribution in [-0.2, 0) is 11.3 Å². The van der Waals surface area contributed by atoms with Crippen molar-refractivity contribution in [3.63, 3.8) is 0 Å². The minimum atomic E-state index is -1.11. The lowest BCUT2D eigenvalue weighted by atomic mass is 10.1. The molecule has 0 saturated heterocycles. The van der Waals surface area contributed by atoms with Crippen LogP contribution in [0.3, 0.4) is 0 Å². The van der Waals surface area contributed by atoms with Crippen molar-refractivity contribution < 1.29 is 9.90 Å². The van der Waals surface area contributed by atoms with Gasteiger partial charge in [0, 0.05) is 25.5 Å². The van der Waals surface area contributed by atoms with E-state index in [1.54, 1.807) is 35.1 Å². The number of benzene rings is 1. The molecule has 1 amide bonds. The van der Waals surface area contributed by atoms with Gasteiger partial charge in [0.1, 0.15) is 0 Å². The fraction of sp³-hybridized carbons (Fsp3) is 0.286. The van der Waals surface area contributed by atoms with Crippen LogP contribution in [0.25, 0.3) is 0 Å². The van der Waals surface area contributed by atoms with Gasteiger partial charge in [0.2, 0.25) is 0 Å². The summed E-state index contributed by atoms with van der Waals surface area (Å²) in [6, 6.07) is 10.8. The van der Waals surface area contributed by atoms with Gasteiger partial charge in [-0.2, -0.15) is 5.10 Å². The molecule has 0 fully saturated rings. The Hall–Kier alpha value is -2.14. The second-order valence-electron chi connectivity index (χ2n) is 4.23. The molecule has 5 heteroatoms. The molecular weight excluding hydrogens is 242 g/mol. The Kier molecular flexibility index (Phi) is 4.69. The highest BCUT2D eigenvalue weighted by atomic mass is 16.3. The highest BCUT2D eigenvalue weighted by Gasteiger charge is 2.15. The first-order valence-corrected chi connectivity index (χ1v) is 6.25. The number of nitrogens with zero attached hydrogens (tertiary/aromatic N) is 2. The Labute approximate surface area is 111 Å². The van der Waals surface area contributed by atoms with Crippen LogP contribution >= 0.6 is 0 Å². The van der Waals surface area contributed by atoms with Gasteiger partial charge in [-0.25, -0.2) is 0 Å². The highest BCUT2D eigenvalue weighted by Crippen LogP contribution is 2.11. The summed E-state index contributed by atoms with van der Waals surface area (Å²) in [5.41, 5.74) is 0.604. The van der Waals surface area contributed by atoms with Gasteiger partial charge in [-0.05, 0) is 18.1 Å². The average molecular weight is 259 g/mol. The summed E-state index contributed by atoms with van der Waals surface area (Å²) < 4.78 is 1.81. The van der Waals surface area contributed by atoms with E-state index in [9.17, 15) is 9.90 Å². The third-order valence-electron chi connectivity index (χ3n) is 2.79. The van der Waals surface area contributed by atoms with Crippen molar-refractivity contribution in [1.29, 1.82) is 0 Å². The van der Waals surface area contributed by atoms with Crippen LogP contribution < -0.4 is 5.32 Å². The van der Waals surface area contributed by atoms with Gasteiger partial charge in [0.15, 0.2) is 6.10 Å². The molecule has 0 bridgehead atoms. The monoisotopic (exact) mass is 259 g/mol. The maximum atomic E-state index is 11.7. The number of hydrogen-bond acceptors (Lipinski definition) is 3. The molecule has 0 aliphatic heterocycles.